The molecule has 1 aliphatic carbocycles. The highest BCUT2D eigenvalue weighted by Gasteiger charge is 2.35. The summed E-state index contributed by atoms with van der Waals surface area (Å²) in [5.74, 6) is 0. The summed E-state index contributed by atoms with van der Waals surface area (Å²) in [7, 11) is 2.21. The molecule has 1 saturated carbocycles. The molecule has 2 atom stereocenters. The fourth-order valence-electron chi connectivity index (χ4n) is 3.66. The number of nitrogens with zero attached hydrogens (tertiary/aromatic N) is 2. The van der Waals surface area contributed by atoms with Gasteiger partial charge in [-0.25, -0.2) is 0 Å². The summed E-state index contributed by atoms with van der Waals surface area (Å²) in [5, 5.41) is 0. The molecule has 2 fully saturated rings. The molecule has 1 saturated heterocycles. The van der Waals surface area contributed by atoms with Crippen LogP contribution in [0.15, 0.2) is 0 Å². The van der Waals surface area contributed by atoms with Crippen LogP contribution in [0.25, 0.3) is 0 Å². The second-order valence-electron chi connectivity index (χ2n) is 6.80. The summed E-state index contributed by atoms with van der Waals surface area (Å²) < 4.78 is 0. The van der Waals surface area contributed by atoms with E-state index in [1.807, 2.05) is 0 Å². The van der Waals surface area contributed by atoms with E-state index in [1.165, 1.54) is 38.8 Å². The minimum absolute atomic E-state index is 0.533. The number of nitrogens with two attached hydrogens (primary N) is 1. The van der Waals surface area contributed by atoms with Crippen molar-refractivity contribution in [3.05, 3.63) is 0 Å². The number of piperazine rings is 1. The molecule has 1 aliphatic heterocycles. The predicted molar refractivity (Wildman–Crippen MR) is 73.1 cm³/mol. The molecule has 0 bridgehead atoms. The van der Waals surface area contributed by atoms with Crippen molar-refractivity contribution in [2.75, 3.05) is 33.2 Å². The van der Waals surface area contributed by atoms with Crippen LogP contribution in [0.4, 0.5) is 0 Å². The SMILES string of the molecule is CN1CCN(C2CCCC(C)(C)C2)C(CN)C1. The Hall–Kier alpha value is -0.120. The smallest absolute Gasteiger partial charge is 0.0349 e. The van der Waals surface area contributed by atoms with Gasteiger partial charge in [-0.05, 0) is 31.7 Å². The van der Waals surface area contributed by atoms with Gasteiger partial charge in [0.2, 0.25) is 0 Å². The van der Waals surface area contributed by atoms with Gasteiger partial charge in [0.25, 0.3) is 0 Å². The van der Waals surface area contributed by atoms with Gasteiger partial charge in [0.05, 0.1) is 0 Å². The Bertz CT molecular complexity index is 252. The average molecular weight is 239 g/mol. The van der Waals surface area contributed by atoms with E-state index in [-0.39, 0.29) is 0 Å². The molecule has 0 aromatic carbocycles. The van der Waals surface area contributed by atoms with Crippen LogP contribution >= 0.6 is 0 Å². The maximum atomic E-state index is 5.96. The van der Waals surface area contributed by atoms with E-state index in [0.29, 0.717) is 11.5 Å². The summed E-state index contributed by atoms with van der Waals surface area (Å²) in [6, 6.07) is 1.36. The van der Waals surface area contributed by atoms with E-state index >= 15 is 0 Å². The van der Waals surface area contributed by atoms with Crippen molar-refractivity contribution < 1.29 is 0 Å². The van der Waals surface area contributed by atoms with Gasteiger partial charge in [-0.15, -0.1) is 0 Å². The van der Waals surface area contributed by atoms with Gasteiger partial charge in [0.15, 0.2) is 0 Å². The van der Waals surface area contributed by atoms with Gasteiger partial charge < -0.3 is 10.6 Å². The second-order valence-corrected chi connectivity index (χ2v) is 6.80. The summed E-state index contributed by atoms with van der Waals surface area (Å²) in [4.78, 5) is 5.13. The van der Waals surface area contributed by atoms with Crippen LogP contribution < -0.4 is 5.73 Å². The maximum Gasteiger partial charge on any atom is 0.0349 e. The van der Waals surface area contributed by atoms with Gasteiger partial charge in [-0.2, -0.15) is 0 Å². The van der Waals surface area contributed by atoms with Gasteiger partial charge >= 0.3 is 0 Å². The van der Waals surface area contributed by atoms with Crippen molar-refractivity contribution in [3.63, 3.8) is 0 Å². The van der Waals surface area contributed by atoms with Crippen LogP contribution in [0.5, 0.6) is 0 Å². The summed E-state index contributed by atoms with van der Waals surface area (Å²) in [6.45, 7) is 9.21. The summed E-state index contributed by atoms with van der Waals surface area (Å²) >= 11 is 0. The molecule has 2 rings (SSSR count). The van der Waals surface area contributed by atoms with Crippen molar-refractivity contribution in [2.45, 2.75) is 51.6 Å². The molecule has 0 spiro atoms. The zero-order valence-electron chi connectivity index (χ0n) is 11.8. The highest BCUT2D eigenvalue weighted by molar-refractivity contribution is 4.91. The Morgan fingerprint density at radius 1 is 1.29 bits per heavy atom. The van der Waals surface area contributed by atoms with Crippen molar-refractivity contribution in [1.29, 1.82) is 0 Å². The van der Waals surface area contributed by atoms with Gasteiger partial charge in [-0.3, -0.25) is 4.90 Å². The van der Waals surface area contributed by atoms with Gasteiger partial charge in [0.1, 0.15) is 0 Å². The standard InChI is InChI=1S/C14H29N3/c1-14(2)6-4-5-12(9-14)17-8-7-16(3)11-13(17)10-15/h12-13H,4-11,15H2,1-3H3. The van der Waals surface area contributed by atoms with Crippen molar-refractivity contribution in [1.82, 2.24) is 9.80 Å². The first-order valence-corrected chi connectivity index (χ1v) is 7.16. The van der Waals surface area contributed by atoms with E-state index in [4.69, 9.17) is 5.73 Å². The highest BCUT2D eigenvalue weighted by Crippen LogP contribution is 2.38. The fraction of sp³-hybridized carbons (Fsp3) is 1.00. The average Bonchev–Trinajstić information content (AvgIpc) is 2.27. The third kappa shape index (κ3) is 3.21. The third-order valence-electron chi connectivity index (χ3n) is 4.65. The lowest BCUT2D eigenvalue weighted by atomic mass is 9.74. The number of rotatable bonds is 2. The molecule has 0 aromatic heterocycles. The zero-order chi connectivity index (χ0) is 12.5. The minimum Gasteiger partial charge on any atom is -0.329 e. The first-order valence-electron chi connectivity index (χ1n) is 7.16. The molecular weight excluding hydrogens is 210 g/mol. The molecule has 1 heterocycles. The Labute approximate surface area is 106 Å². The zero-order valence-corrected chi connectivity index (χ0v) is 11.8. The lowest BCUT2D eigenvalue weighted by molar-refractivity contribution is 0.0171. The molecule has 2 unspecified atom stereocenters. The summed E-state index contributed by atoms with van der Waals surface area (Å²) in [5.41, 5.74) is 6.49. The number of likely N-dealkylation sites (N-methyl/N-ethyl adjacent to an activating group) is 1. The fourth-order valence-corrected chi connectivity index (χ4v) is 3.66. The Kier molecular flexibility index (Phi) is 4.11. The topological polar surface area (TPSA) is 32.5 Å². The first-order chi connectivity index (χ1) is 8.02. The van der Waals surface area contributed by atoms with Crippen LogP contribution in [0.1, 0.15) is 39.5 Å². The van der Waals surface area contributed by atoms with Crippen molar-refractivity contribution in [2.24, 2.45) is 11.1 Å². The van der Waals surface area contributed by atoms with Crippen molar-refractivity contribution >= 4 is 0 Å². The Morgan fingerprint density at radius 3 is 2.71 bits per heavy atom. The molecular formula is C14H29N3. The quantitative estimate of drug-likeness (QED) is 0.793. The molecule has 0 aromatic rings. The van der Waals surface area contributed by atoms with Crippen LogP contribution in [-0.4, -0.2) is 55.1 Å². The molecule has 3 nitrogen and oxygen atoms in total. The van der Waals surface area contributed by atoms with E-state index in [1.54, 1.807) is 0 Å². The van der Waals surface area contributed by atoms with Gasteiger partial charge in [-0.1, -0.05) is 20.3 Å². The third-order valence-corrected chi connectivity index (χ3v) is 4.65. The first kappa shape index (κ1) is 13.3. The predicted octanol–water partition coefficient (Wildman–Crippen LogP) is 1.53. The van der Waals surface area contributed by atoms with E-state index in [2.05, 4.69) is 30.7 Å². The lowest BCUT2D eigenvalue weighted by Gasteiger charge is -2.48. The molecule has 2 aliphatic rings. The molecule has 0 amide bonds. The lowest BCUT2D eigenvalue weighted by Crippen LogP contribution is -2.59. The van der Waals surface area contributed by atoms with Crippen LogP contribution in [0.2, 0.25) is 0 Å². The Balaban J connectivity index is 2.00. The van der Waals surface area contributed by atoms with E-state index < -0.39 is 0 Å². The number of hydrogen-bond acceptors (Lipinski definition) is 3. The molecule has 2 N–H and O–H groups in total. The second kappa shape index (κ2) is 5.25. The highest BCUT2D eigenvalue weighted by atomic mass is 15.3. The van der Waals surface area contributed by atoms with E-state index in [0.717, 1.165) is 19.1 Å². The van der Waals surface area contributed by atoms with E-state index in [9.17, 15) is 0 Å². The van der Waals surface area contributed by atoms with Crippen LogP contribution in [-0.2, 0) is 0 Å². The molecule has 100 valence electrons. The molecule has 17 heavy (non-hydrogen) atoms. The summed E-state index contributed by atoms with van der Waals surface area (Å²) in [6.07, 6.45) is 5.52. The molecule has 0 radical (unpaired) electrons. The normalized spacial score (nSPS) is 36.0. The monoisotopic (exact) mass is 239 g/mol. The van der Waals surface area contributed by atoms with Crippen molar-refractivity contribution in [3.8, 4) is 0 Å². The Morgan fingerprint density at radius 2 is 2.06 bits per heavy atom. The maximum absolute atomic E-state index is 5.96. The van der Waals surface area contributed by atoms with Gasteiger partial charge in [0, 0.05) is 38.3 Å². The number of hydrogen-bond donors (Lipinski definition) is 1. The van der Waals surface area contributed by atoms with Crippen LogP contribution in [0.3, 0.4) is 0 Å². The largest absolute Gasteiger partial charge is 0.329 e. The minimum atomic E-state index is 0.533. The molecule has 3 heteroatoms. The van der Waals surface area contributed by atoms with Crippen LogP contribution in [0, 0.1) is 5.41 Å².